The van der Waals surface area contributed by atoms with Gasteiger partial charge in [0.25, 0.3) is 0 Å². The van der Waals surface area contributed by atoms with Crippen molar-refractivity contribution in [3.05, 3.63) is 89.5 Å². The van der Waals surface area contributed by atoms with Crippen LogP contribution in [0.25, 0.3) is 10.8 Å². The van der Waals surface area contributed by atoms with Crippen molar-refractivity contribution >= 4 is 10.8 Å². The molecule has 7 heteroatoms. The van der Waals surface area contributed by atoms with Crippen molar-refractivity contribution in [3.8, 4) is 5.75 Å². The molecule has 1 fully saturated rings. The quantitative estimate of drug-likeness (QED) is 0.202. The van der Waals surface area contributed by atoms with Crippen molar-refractivity contribution in [2.24, 2.45) is 5.92 Å². The lowest BCUT2D eigenvalue weighted by molar-refractivity contribution is -0.203. The second kappa shape index (κ2) is 12.4. The maximum Gasteiger partial charge on any atom is 0.387 e. The van der Waals surface area contributed by atoms with Gasteiger partial charge in [0.2, 0.25) is 0 Å². The van der Waals surface area contributed by atoms with E-state index in [-0.39, 0.29) is 12.1 Å². The molecule has 0 radical (unpaired) electrons. The van der Waals surface area contributed by atoms with Crippen molar-refractivity contribution in [2.45, 2.75) is 51.4 Å². The van der Waals surface area contributed by atoms with E-state index < -0.39 is 18.2 Å². The van der Waals surface area contributed by atoms with Crippen LogP contribution in [0.1, 0.15) is 36.0 Å². The first-order chi connectivity index (χ1) is 17.4. The van der Waals surface area contributed by atoms with Crippen molar-refractivity contribution in [1.82, 2.24) is 0 Å². The minimum atomic E-state index is -3.09. The Morgan fingerprint density at radius 2 is 1.67 bits per heavy atom. The summed E-state index contributed by atoms with van der Waals surface area (Å²) in [7, 11) is 0. The fourth-order valence-electron chi connectivity index (χ4n) is 4.46. The predicted octanol–water partition coefficient (Wildman–Crippen LogP) is 7.39. The third-order valence-corrected chi connectivity index (χ3v) is 6.48. The Kier molecular flexibility index (Phi) is 8.99. The number of aryl methyl sites for hydroxylation is 3. The number of rotatable bonds is 11. The summed E-state index contributed by atoms with van der Waals surface area (Å²) in [5.41, 5.74) is 2.17. The molecule has 3 nitrogen and oxygen atoms in total. The average molecular weight is 503 g/mol. The highest BCUT2D eigenvalue weighted by Crippen LogP contribution is 2.26. The number of alkyl halides is 2. The minimum Gasteiger partial charge on any atom is -0.432 e. The van der Waals surface area contributed by atoms with Gasteiger partial charge in [0, 0.05) is 17.7 Å². The maximum absolute atomic E-state index is 15.2. The van der Waals surface area contributed by atoms with Crippen LogP contribution in [-0.4, -0.2) is 26.1 Å². The second-order valence-electron chi connectivity index (χ2n) is 9.10. The summed E-state index contributed by atoms with van der Waals surface area (Å²) in [5.74, 6) is -1.26. The van der Waals surface area contributed by atoms with Gasteiger partial charge < -0.3 is 14.2 Å². The summed E-state index contributed by atoms with van der Waals surface area (Å²) in [4.78, 5) is 0. The van der Waals surface area contributed by atoms with E-state index in [4.69, 9.17) is 9.47 Å². The van der Waals surface area contributed by atoms with Crippen molar-refractivity contribution in [3.63, 3.8) is 0 Å². The molecular weight excluding hydrogens is 472 g/mol. The highest BCUT2D eigenvalue weighted by molar-refractivity contribution is 5.84. The maximum atomic E-state index is 15.2. The second-order valence-corrected chi connectivity index (χ2v) is 9.10. The number of halogens is 4. The molecule has 0 unspecified atom stereocenters. The fraction of sp³-hybridized carbons (Fsp3) is 0.379. The van der Waals surface area contributed by atoms with Crippen LogP contribution in [0, 0.1) is 17.6 Å². The number of allylic oxidation sites excluding steroid dienone is 1. The zero-order valence-corrected chi connectivity index (χ0v) is 20.0. The van der Waals surface area contributed by atoms with Gasteiger partial charge in [-0.3, -0.25) is 0 Å². The zero-order chi connectivity index (χ0) is 25.5. The fourth-order valence-corrected chi connectivity index (χ4v) is 4.46. The molecule has 1 aliphatic heterocycles. The Labute approximate surface area is 208 Å². The summed E-state index contributed by atoms with van der Waals surface area (Å²) < 4.78 is 69.5. The molecule has 0 N–H and O–H groups in total. The van der Waals surface area contributed by atoms with Crippen LogP contribution in [0.2, 0.25) is 0 Å². The first kappa shape index (κ1) is 26.2. The topological polar surface area (TPSA) is 27.7 Å². The molecule has 3 aromatic carbocycles. The van der Waals surface area contributed by atoms with Gasteiger partial charge >= 0.3 is 6.61 Å². The molecule has 0 bridgehead atoms. The van der Waals surface area contributed by atoms with E-state index in [0.717, 1.165) is 42.7 Å². The molecule has 0 atom stereocenters. The average Bonchev–Trinajstić information content (AvgIpc) is 2.87. The Morgan fingerprint density at radius 3 is 2.39 bits per heavy atom. The van der Waals surface area contributed by atoms with Gasteiger partial charge in [-0.15, -0.1) is 6.58 Å². The largest absolute Gasteiger partial charge is 0.432 e. The number of fused-ring (bicyclic) bond motifs is 1. The van der Waals surface area contributed by atoms with Gasteiger partial charge in [-0.05, 0) is 66.3 Å². The number of ether oxygens (including phenoxy) is 3. The van der Waals surface area contributed by atoms with Gasteiger partial charge in [0.15, 0.2) is 17.9 Å². The van der Waals surface area contributed by atoms with Gasteiger partial charge in [0.05, 0.1) is 13.2 Å². The Hall–Kier alpha value is -2.90. The van der Waals surface area contributed by atoms with Crippen LogP contribution >= 0.6 is 0 Å². The smallest absolute Gasteiger partial charge is 0.387 e. The molecule has 0 aliphatic carbocycles. The molecule has 1 heterocycles. The monoisotopic (exact) mass is 502 g/mol. The van der Waals surface area contributed by atoms with Crippen molar-refractivity contribution < 1.29 is 31.8 Å². The van der Waals surface area contributed by atoms with E-state index in [2.05, 4.69) is 11.3 Å². The van der Waals surface area contributed by atoms with Crippen LogP contribution in [0.15, 0.2) is 61.2 Å². The Morgan fingerprint density at radius 1 is 0.917 bits per heavy atom. The lowest BCUT2D eigenvalue weighted by Crippen LogP contribution is -2.32. The van der Waals surface area contributed by atoms with E-state index in [0.29, 0.717) is 48.5 Å². The third kappa shape index (κ3) is 6.86. The third-order valence-electron chi connectivity index (χ3n) is 6.48. The van der Waals surface area contributed by atoms with E-state index in [1.807, 2.05) is 24.3 Å². The first-order valence-corrected chi connectivity index (χ1v) is 12.2. The molecular formula is C29H30F4O3. The molecule has 0 amide bonds. The van der Waals surface area contributed by atoms with Gasteiger partial charge in [-0.2, -0.15) is 8.78 Å². The van der Waals surface area contributed by atoms with E-state index in [1.165, 1.54) is 12.1 Å². The minimum absolute atomic E-state index is 0.222. The predicted molar refractivity (Wildman–Crippen MR) is 131 cm³/mol. The Bertz CT molecular complexity index is 1170. The lowest BCUT2D eigenvalue weighted by Gasteiger charge is -2.29. The number of benzene rings is 3. The van der Waals surface area contributed by atoms with Gasteiger partial charge in [-0.1, -0.05) is 42.5 Å². The van der Waals surface area contributed by atoms with Crippen LogP contribution in [0.5, 0.6) is 5.75 Å². The summed E-state index contributed by atoms with van der Waals surface area (Å²) in [5, 5.41) is 1.33. The zero-order valence-electron chi connectivity index (χ0n) is 20.0. The summed E-state index contributed by atoms with van der Waals surface area (Å²) in [6.07, 6.45) is 5.88. The Balaban J connectivity index is 1.33. The van der Waals surface area contributed by atoms with Crippen LogP contribution in [0.4, 0.5) is 17.6 Å². The first-order valence-electron chi connectivity index (χ1n) is 12.2. The molecule has 0 spiro atoms. The highest BCUT2D eigenvalue weighted by atomic mass is 19.3. The number of hydrogen-bond donors (Lipinski definition) is 0. The summed E-state index contributed by atoms with van der Waals surface area (Å²) in [6, 6.07) is 13.1. The molecule has 3 aromatic rings. The molecule has 1 saturated heterocycles. The van der Waals surface area contributed by atoms with Crippen molar-refractivity contribution in [2.75, 3.05) is 13.2 Å². The SMILES string of the molecule is C=CCCC1COC(CCc2ccc3c(F)c(CCc4ccc(OC(F)F)c(F)c4)ccc3c2)OC1. The molecule has 4 rings (SSSR count). The van der Waals surface area contributed by atoms with Crippen LogP contribution in [0.3, 0.4) is 0 Å². The number of hydrogen-bond acceptors (Lipinski definition) is 3. The van der Waals surface area contributed by atoms with Crippen molar-refractivity contribution in [1.29, 1.82) is 0 Å². The standard InChI is InChI=1S/C29H30F4O3/c1-2-3-4-21-17-34-27(35-18-21)14-8-19-6-12-24-23(15-19)11-10-22(28(24)31)9-5-20-7-13-26(25(30)16-20)36-29(32)33/h2,6-7,10-13,15-16,21,27,29H,1,3-5,8-9,14,17-18H2. The highest BCUT2D eigenvalue weighted by Gasteiger charge is 2.21. The molecule has 1 aliphatic rings. The van der Waals surface area contributed by atoms with Crippen LogP contribution < -0.4 is 4.74 Å². The summed E-state index contributed by atoms with van der Waals surface area (Å²) >= 11 is 0. The molecule has 0 aromatic heterocycles. The summed E-state index contributed by atoms with van der Waals surface area (Å²) in [6.45, 7) is 2.06. The van der Waals surface area contributed by atoms with Gasteiger partial charge in [-0.25, -0.2) is 8.78 Å². The van der Waals surface area contributed by atoms with E-state index in [1.54, 1.807) is 12.1 Å². The van der Waals surface area contributed by atoms with Gasteiger partial charge in [0.1, 0.15) is 5.82 Å². The lowest BCUT2D eigenvalue weighted by atomic mass is 9.98. The molecule has 0 saturated carbocycles. The van der Waals surface area contributed by atoms with Crippen LogP contribution in [-0.2, 0) is 28.7 Å². The normalized spacial score (nSPS) is 18.0. The van der Waals surface area contributed by atoms with E-state index >= 15 is 4.39 Å². The molecule has 192 valence electrons. The molecule has 36 heavy (non-hydrogen) atoms. The van der Waals surface area contributed by atoms with E-state index in [9.17, 15) is 13.2 Å².